The van der Waals surface area contributed by atoms with Crippen LogP contribution in [0.4, 0.5) is 5.69 Å². The Kier molecular flexibility index (Phi) is 6.78. The van der Waals surface area contributed by atoms with Crippen LogP contribution in [0.2, 0.25) is 0 Å². The largest absolute Gasteiger partial charge is 0.379 e. The summed E-state index contributed by atoms with van der Waals surface area (Å²) >= 11 is 1.41. The molecular weight excluding hydrogens is 398 g/mol. The van der Waals surface area contributed by atoms with Crippen molar-refractivity contribution in [2.24, 2.45) is 0 Å². The predicted octanol–water partition coefficient (Wildman–Crippen LogP) is 2.85. The zero-order valence-corrected chi connectivity index (χ0v) is 17.8. The van der Waals surface area contributed by atoms with Crippen molar-refractivity contribution in [1.29, 1.82) is 0 Å². The Morgan fingerprint density at radius 2 is 1.70 bits per heavy atom. The van der Waals surface area contributed by atoms with Crippen LogP contribution in [0.15, 0.2) is 65.8 Å². The average molecular weight is 424 g/mol. The maximum absolute atomic E-state index is 12.7. The number of rotatable bonds is 7. The molecule has 30 heavy (non-hydrogen) atoms. The fourth-order valence-corrected chi connectivity index (χ4v) is 4.20. The molecule has 0 saturated carbocycles. The SMILES string of the molecule is CN(C(=O)CSc1nnc(CN2CCOCC2)n1-c1ccccc1)c1ccccc1. The van der Waals surface area contributed by atoms with Crippen molar-refractivity contribution in [2.45, 2.75) is 11.7 Å². The van der Waals surface area contributed by atoms with Crippen LogP contribution < -0.4 is 4.90 Å². The van der Waals surface area contributed by atoms with E-state index in [1.807, 2.05) is 60.7 Å². The minimum atomic E-state index is 0.0172. The van der Waals surface area contributed by atoms with E-state index in [9.17, 15) is 4.79 Å². The summed E-state index contributed by atoms with van der Waals surface area (Å²) in [5.74, 6) is 1.17. The predicted molar refractivity (Wildman–Crippen MR) is 118 cm³/mol. The van der Waals surface area contributed by atoms with E-state index in [-0.39, 0.29) is 11.7 Å². The number of nitrogens with zero attached hydrogens (tertiary/aromatic N) is 5. The van der Waals surface area contributed by atoms with Crippen molar-refractivity contribution in [3.63, 3.8) is 0 Å². The molecule has 0 aliphatic carbocycles. The molecule has 0 radical (unpaired) electrons. The van der Waals surface area contributed by atoms with Crippen LogP contribution in [-0.4, -0.2) is 64.7 Å². The zero-order valence-electron chi connectivity index (χ0n) is 17.0. The van der Waals surface area contributed by atoms with Crippen molar-refractivity contribution in [3.8, 4) is 5.69 Å². The first-order chi connectivity index (χ1) is 14.7. The number of amides is 1. The van der Waals surface area contributed by atoms with Crippen LogP contribution in [0.1, 0.15) is 5.82 Å². The Balaban J connectivity index is 1.51. The summed E-state index contributed by atoms with van der Waals surface area (Å²) < 4.78 is 7.50. The van der Waals surface area contributed by atoms with Crippen LogP contribution in [0, 0.1) is 0 Å². The monoisotopic (exact) mass is 423 g/mol. The number of thioether (sulfide) groups is 1. The van der Waals surface area contributed by atoms with Gasteiger partial charge in [-0.25, -0.2) is 0 Å². The molecule has 3 aromatic rings. The van der Waals surface area contributed by atoms with Gasteiger partial charge in [-0.2, -0.15) is 0 Å². The van der Waals surface area contributed by atoms with Gasteiger partial charge in [0.15, 0.2) is 11.0 Å². The molecule has 8 heteroatoms. The topological polar surface area (TPSA) is 63.5 Å². The summed E-state index contributed by atoms with van der Waals surface area (Å²) in [6, 6.07) is 19.7. The molecule has 1 fully saturated rings. The van der Waals surface area contributed by atoms with E-state index in [1.54, 1.807) is 11.9 Å². The number of carbonyl (C=O) groups is 1. The second-order valence-electron chi connectivity index (χ2n) is 7.04. The van der Waals surface area contributed by atoms with Gasteiger partial charge in [0, 0.05) is 31.5 Å². The molecule has 0 bridgehead atoms. The molecule has 1 aromatic heterocycles. The molecule has 2 heterocycles. The van der Waals surface area contributed by atoms with Crippen molar-refractivity contribution in [3.05, 3.63) is 66.5 Å². The lowest BCUT2D eigenvalue weighted by Crippen LogP contribution is -2.36. The van der Waals surface area contributed by atoms with Crippen LogP contribution in [0.5, 0.6) is 0 Å². The molecule has 0 N–H and O–H groups in total. The van der Waals surface area contributed by atoms with Gasteiger partial charge in [-0.15, -0.1) is 10.2 Å². The summed E-state index contributed by atoms with van der Waals surface area (Å²) in [7, 11) is 1.80. The van der Waals surface area contributed by atoms with Gasteiger partial charge in [0.25, 0.3) is 0 Å². The number of anilines is 1. The molecule has 7 nitrogen and oxygen atoms in total. The number of ether oxygens (including phenoxy) is 1. The van der Waals surface area contributed by atoms with Gasteiger partial charge in [0.05, 0.1) is 25.5 Å². The third-order valence-corrected chi connectivity index (χ3v) is 5.94. The third kappa shape index (κ3) is 4.89. The average Bonchev–Trinajstić information content (AvgIpc) is 3.21. The molecule has 0 spiro atoms. The highest BCUT2D eigenvalue weighted by atomic mass is 32.2. The van der Waals surface area contributed by atoms with Crippen molar-refractivity contribution >= 4 is 23.4 Å². The van der Waals surface area contributed by atoms with Crippen molar-refractivity contribution in [2.75, 3.05) is 44.0 Å². The van der Waals surface area contributed by atoms with Crippen LogP contribution in [0.3, 0.4) is 0 Å². The van der Waals surface area contributed by atoms with E-state index in [1.165, 1.54) is 11.8 Å². The highest BCUT2D eigenvalue weighted by molar-refractivity contribution is 7.99. The normalized spacial score (nSPS) is 14.6. The Labute approximate surface area is 180 Å². The van der Waals surface area contributed by atoms with E-state index in [2.05, 4.69) is 19.7 Å². The number of morpholine rings is 1. The summed E-state index contributed by atoms with van der Waals surface area (Å²) in [4.78, 5) is 16.7. The standard InChI is InChI=1S/C22H25N5O2S/c1-25(18-8-4-2-5-9-18)21(28)17-30-22-24-23-20(16-26-12-14-29-15-13-26)27(22)19-10-6-3-7-11-19/h2-11H,12-17H2,1H3. The smallest absolute Gasteiger partial charge is 0.237 e. The number of aromatic nitrogens is 3. The summed E-state index contributed by atoms with van der Waals surface area (Å²) in [5.41, 5.74) is 1.87. The van der Waals surface area contributed by atoms with Crippen LogP contribution in [-0.2, 0) is 16.1 Å². The molecule has 0 unspecified atom stereocenters. The minimum Gasteiger partial charge on any atom is -0.379 e. The molecule has 156 valence electrons. The number of hydrogen-bond acceptors (Lipinski definition) is 6. The quantitative estimate of drug-likeness (QED) is 0.545. The van der Waals surface area contributed by atoms with Crippen LogP contribution >= 0.6 is 11.8 Å². The van der Waals surface area contributed by atoms with Crippen molar-refractivity contribution in [1.82, 2.24) is 19.7 Å². The van der Waals surface area contributed by atoms with Gasteiger partial charge in [0.1, 0.15) is 0 Å². The number of para-hydroxylation sites is 2. The number of benzene rings is 2. The second-order valence-corrected chi connectivity index (χ2v) is 7.98. The molecular formula is C22H25N5O2S. The molecule has 1 aliphatic heterocycles. The number of carbonyl (C=O) groups excluding carboxylic acids is 1. The summed E-state index contributed by atoms with van der Waals surface area (Å²) in [6.45, 7) is 3.93. The highest BCUT2D eigenvalue weighted by Crippen LogP contribution is 2.24. The lowest BCUT2D eigenvalue weighted by molar-refractivity contribution is -0.115. The maximum Gasteiger partial charge on any atom is 0.237 e. The Bertz CT molecular complexity index is 958. The lowest BCUT2D eigenvalue weighted by Gasteiger charge is -2.26. The first-order valence-electron chi connectivity index (χ1n) is 9.96. The van der Waals surface area contributed by atoms with E-state index in [0.717, 1.165) is 48.7 Å². The molecule has 1 saturated heterocycles. The lowest BCUT2D eigenvalue weighted by atomic mass is 10.3. The fraction of sp³-hybridized carbons (Fsp3) is 0.318. The number of hydrogen-bond donors (Lipinski definition) is 0. The van der Waals surface area contributed by atoms with Gasteiger partial charge < -0.3 is 9.64 Å². The van der Waals surface area contributed by atoms with Gasteiger partial charge in [-0.05, 0) is 24.3 Å². The van der Waals surface area contributed by atoms with Crippen LogP contribution in [0.25, 0.3) is 5.69 Å². The summed E-state index contributed by atoms with van der Waals surface area (Å²) in [5, 5.41) is 9.58. The highest BCUT2D eigenvalue weighted by Gasteiger charge is 2.20. The molecule has 1 aliphatic rings. The first-order valence-corrected chi connectivity index (χ1v) is 10.9. The first kappa shape index (κ1) is 20.6. The van der Waals surface area contributed by atoms with Gasteiger partial charge in [-0.1, -0.05) is 48.2 Å². The third-order valence-electron chi connectivity index (χ3n) is 5.03. The Morgan fingerprint density at radius 3 is 2.40 bits per heavy atom. The zero-order chi connectivity index (χ0) is 20.8. The molecule has 0 atom stereocenters. The van der Waals surface area contributed by atoms with Gasteiger partial charge in [0.2, 0.25) is 5.91 Å². The van der Waals surface area contributed by atoms with Crippen molar-refractivity contribution < 1.29 is 9.53 Å². The van der Waals surface area contributed by atoms with Gasteiger partial charge >= 0.3 is 0 Å². The fourth-order valence-electron chi connectivity index (χ4n) is 3.31. The molecule has 4 rings (SSSR count). The molecule has 1 amide bonds. The van der Waals surface area contributed by atoms with E-state index >= 15 is 0 Å². The van der Waals surface area contributed by atoms with E-state index in [0.29, 0.717) is 6.54 Å². The summed E-state index contributed by atoms with van der Waals surface area (Å²) in [6.07, 6.45) is 0. The van der Waals surface area contributed by atoms with E-state index < -0.39 is 0 Å². The molecule has 2 aromatic carbocycles. The van der Waals surface area contributed by atoms with Gasteiger partial charge in [-0.3, -0.25) is 14.3 Å². The minimum absolute atomic E-state index is 0.0172. The maximum atomic E-state index is 12.7. The Morgan fingerprint density at radius 1 is 1.03 bits per heavy atom. The Hall–Kier alpha value is -2.68. The second kappa shape index (κ2) is 9.88. The van der Waals surface area contributed by atoms with E-state index in [4.69, 9.17) is 4.74 Å².